The number of rotatable bonds is 3. The third kappa shape index (κ3) is 1.32. The van der Waals surface area contributed by atoms with E-state index in [1.54, 1.807) is 6.92 Å². The predicted octanol–water partition coefficient (Wildman–Crippen LogP) is 0.779. The standard InChI is InChI=1S/C13H17NO2/c1-12(16,9-15)13(8-14)7-6-10-4-2-3-5-11(10)13/h2-5,9,16H,6-8,14H2,1H3. The molecule has 3 N–H and O–H groups in total. The molecule has 0 aliphatic heterocycles. The van der Waals surface area contributed by atoms with Gasteiger partial charge in [-0.3, -0.25) is 0 Å². The zero-order chi connectivity index (χ0) is 11.8. The van der Waals surface area contributed by atoms with E-state index in [0.717, 1.165) is 18.4 Å². The molecule has 3 heteroatoms. The number of aryl methyl sites for hydroxylation is 1. The number of hydrogen-bond donors (Lipinski definition) is 2. The zero-order valence-electron chi connectivity index (χ0n) is 9.44. The van der Waals surface area contributed by atoms with Crippen LogP contribution in [-0.4, -0.2) is 23.5 Å². The van der Waals surface area contributed by atoms with Crippen molar-refractivity contribution < 1.29 is 9.90 Å². The van der Waals surface area contributed by atoms with Crippen LogP contribution in [0.4, 0.5) is 0 Å². The zero-order valence-corrected chi connectivity index (χ0v) is 9.44. The molecule has 0 saturated carbocycles. The van der Waals surface area contributed by atoms with Crippen LogP contribution in [0.15, 0.2) is 24.3 Å². The Morgan fingerprint density at radius 1 is 1.56 bits per heavy atom. The lowest BCUT2D eigenvalue weighted by molar-refractivity contribution is -0.129. The van der Waals surface area contributed by atoms with Gasteiger partial charge in [-0.05, 0) is 30.9 Å². The number of carbonyl (C=O) groups is 1. The fraction of sp³-hybridized carbons (Fsp3) is 0.462. The number of fused-ring (bicyclic) bond motifs is 1. The van der Waals surface area contributed by atoms with Crippen molar-refractivity contribution in [1.29, 1.82) is 0 Å². The van der Waals surface area contributed by atoms with Gasteiger partial charge in [0, 0.05) is 12.0 Å². The number of benzene rings is 1. The average molecular weight is 219 g/mol. The van der Waals surface area contributed by atoms with Gasteiger partial charge in [0.15, 0.2) is 6.29 Å². The van der Waals surface area contributed by atoms with Crippen LogP contribution in [0, 0.1) is 0 Å². The summed E-state index contributed by atoms with van der Waals surface area (Å²) in [7, 11) is 0. The molecule has 0 heterocycles. The van der Waals surface area contributed by atoms with Gasteiger partial charge in [-0.2, -0.15) is 0 Å². The van der Waals surface area contributed by atoms with Crippen molar-refractivity contribution in [1.82, 2.24) is 0 Å². The first-order chi connectivity index (χ1) is 7.57. The highest BCUT2D eigenvalue weighted by atomic mass is 16.3. The van der Waals surface area contributed by atoms with Gasteiger partial charge in [0.2, 0.25) is 0 Å². The molecule has 1 aromatic carbocycles. The minimum Gasteiger partial charge on any atom is -0.382 e. The molecular formula is C13H17NO2. The van der Waals surface area contributed by atoms with Crippen molar-refractivity contribution in [3.05, 3.63) is 35.4 Å². The van der Waals surface area contributed by atoms with E-state index in [1.165, 1.54) is 5.56 Å². The molecule has 1 aliphatic rings. The summed E-state index contributed by atoms with van der Waals surface area (Å²) in [6.45, 7) is 1.84. The Hall–Kier alpha value is -1.19. The molecule has 2 atom stereocenters. The van der Waals surface area contributed by atoms with Crippen LogP contribution in [0.5, 0.6) is 0 Å². The molecule has 0 saturated heterocycles. The monoisotopic (exact) mass is 219 g/mol. The van der Waals surface area contributed by atoms with Gasteiger partial charge in [0.1, 0.15) is 5.60 Å². The predicted molar refractivity (Wildman–Crippen MR) is 62.2 cm³/mol. The normalized spacial score (nSPS) is 27.2. The van der Waals surface area contributed by atoms with E-state index >= 15 is 0 Å². The number of aldehydes is 1. The minimum atomic E-state index is -1.39. The molecule has 0 aromatic heterocycles. The molecule has 1 aliphatic carbocycles. The number of hydrogen-bond acceptors (Lipinski definition) is 3. The van der Waals surface area contributed by atoms with E-state index in [0.29, 0.717) is 6.29 Å². The van der Waals surface area contributed by atoms with Gasteiger partial charge in [0.05, 0.1) is 0 Å². The quantitative estimate of drug-likeness (QED) is 0.738. The van der Waals surface area contributed by atoms with Crippen LogP contribution in [0.2, 0.25) is 0 Å². The van der Waals surface area contributed by atoms with Crippen LogP contribution < -0.4 is 5.73 Å². The molecule has 0 radical (unpaired) electrons. The van der Waals surface area contributed by atoms with Crippen molar-refractivity contribution in [3.8, 4) is 0 Å². The molecule has 2 unspecified atom stereocenters. The highest BCUT2D eigenvalue weighted by Crippen LogP contribution is 2.44. The largest absolute Gasteiger partial charge is 0.382 e. The first-order valence-corrected chi connectivity index (χ1v) is 5.54. The Morgan fingerprint density at radius 2 is 2.25 bits per heavy atom. The smallest absolute Gasteiger partial charge is 0.152 e. The molecule has 86 valence electrons. The van der Waals surface area contributed by atoms with E-state index in [2.05, 4.69) is 0 Å². The Bertz CT molecular complexity index is 414. The third-order valence-corrected chi connectivity index (χ3v) is 3.90. The molecule has 0 amide bonds. The summed E-state index contributed by atoms with van der Waals surface area (Å²) in [6.07, 6.45) is 2.22. The van der Waals surface area contributed by atoms with Crippen molar-refractivity contribution in [2.24, 2.45) is 5.73 Å². The summed E-state index contributed by atoms with van der Waals surface area (Å²) in [6, 6.07) is 7.90. The number of aliphatic hydroxyl groups is 1. The molecule has 0 spiro atoms. The Kier molecular flexibility index (Phi) is 2.60. The molecule has 0 bridgehead atoms. The summed E-state index contributed by atoms with van der Waals surface area (Å²) in [5.74, 6) is 0. The van der Waals surface area contributed by atoms with E-state index in [9.17, 15) is 9.90 Å². The Labute approximate surface area is 95.3 Å². The van der Waals surface area contributed by atoms with Crippen LogP contribution >= 0.6 is 0 Å². The van der Waals surface area contributed by atoms with Gasteiger partial charge in [-0.25, -0.2) is 0 Å². The molecule has 2 rings (SSSR count). The first-order valence-electron chi connectivity index (χ1n) is 5.54. The summed E-state index contributed by atoms with van der Waals surface area (Å²) in [5.41, 5.74) is 6.02. The molecule has 1 aromatic rings. The molecule has 0 fully saturated rings. The summed E-state index contributed by atoms with van der Waals surface area (Å²) in [5, 5.41) is 10.3. The van der Waals surface area contributed by atoms with Crippen LogP contribution in [0.1, 0.15) is 24.5 Å². The van der Waals surface area contributed by atoms with Gasteiger partial charge in [0.25, 0.3) is 0 Å². The maximum absolute atomic E-state index is 11.1. The summed E-state index contributed by atoms with van der Waals surface area (Å²) in [4.78, 5) is 11.1. The Balaban J connectivity index is 2.58. The van der Waals surface area contributed by atoms with Crippen LogP contribution in [-0.2, 0) is 16.6 Å². The average Bonchev–Trinajstić information content (AvgIpc) is 2.69. The molecule has 16 heavy (non-hydrogen) atoms. The fourth-order valence-corrected chi connectivity index (χ4v) is 2.75. The minimum absolute atomic E-state index is 0.287. The van der Waals surface area contributed by atoms with Crippen LogP contribution in [0.25, 0.3) is 0 Å². The van der Waals surface area contributed by atoms with Crippen LogP contribution in [0.3, 0.4) is 0 Å². The highest BCUT2D eigenvalue weighted by molar-refractivity contribution is 5.67. The second-order valence-electron chi connectivity index (χ2n) is 4.71. The maximum Gasteiger partial charge on any atom is 0.152 e. The fourth-order valence-electron chi connectivity index (χ4n) is 2.75. The Morgan fingerprint density at radius 3 is 2.88 bits per heavy atom. The molecular weight excluding hydrogens is 202 g/mol. The lowest BCUT2D eigenvalue weighted by Crippen LogP contribution is -2.54. The maximum atomic E-state index is 11.1. The van der Waals surface area contributed by atoms with Crippen molar-refractivity contribution in [2.75, 3.05) is 6.54 Å². The second-order valence-corrected chi connectivity index (χ2v) is 4.71. The lowest BCUT2D eigenvalue weighted by atomic mass is 9.69. The van der Waals surface area contributed by atoms with E-state index in [4.69, 9.17) is 5.73 Å². The molecule has 3 nitrogen and oxygen atoms in total. The summed E-state index contributed by atoms with van der Waals surface area (Å²) >= 11 is 0. The summed E-state index contributed by atoms with van der Waals surface area (Å²) < 4.78 is 0. The number of carbonyl (C=O) groups excluding carboxylic acids is 1. The lowest BCUT2D eigenvalue weighted by Gasteiger charge is -2.39. The van der Waals surface area contributed by atoms with Gasteiger partial charge >= 0.3 is 0 Å². The SMILES string of the molecule is CC(O)(C=O)C1(CN)CCc2ccccc21. The van der Waals surface area contributed by atoms with E-state index in [-0.39, 0.29) is 6.54 Å². The topological polar surface area (TPSA) is 63.3 Å². The number of nitrogens with two attached hydrogens (primary N) is 1. The third-order valence-electron chi connectivity index (χ3n) is 3.90. The van der Waals surface area contributed by atoms with Crippen molar-refractivity contribution in [3.63, 3.8) is 0 Å². The van der Waals surface area contributed by atoms with E-state index in [1.807, 2.05) is 24.3 Å². The van der Waals surface area contributed by atoms with Crippen molar-refractivity contribution in [2.45, 2.75) is 30.8 Å². The van der Waals surface area contributed by atoms with Gasteiger partial charge in [-0.1, -0.05) is 24.3 Å². The van der Waals surface area contributed by atoms with Crippen molar-refractivity contribution >= 4 is 6.29 Å². The highest BCUT2D eigenvalue weighted by Gasteiger charge is 2.50. The van der Waals surface area contributed by atoms with Gasteiger partial charge in [-0.15, -0.1) is 0 Å². The first kappa shape index (κ1) is 11.3. The second kappa shape index (κ2) is 3.68. The van der Waals surface area contributed by atoms with Gasteiger partial charge < -0.3 is 15.6 Å². The van der Waals surface area contributed by atoms with E-state index < -0.39 is 11.0 Å².